The number of ether oxygens (including phenoxy) is 2. The Hall–Kier alpha value is -1.82. The van der Waals surface area contributed by atoms with E-state index in [4.69, 9.17) is 26.2 Å². The van der Waals surface area contributed by atoms with Crippen molar-refractivity contribution in [3.05, 3.63) is 57.9 Å². The van der Waals surface area contributed by atoms with Gasteiger partial charge in [0.1, 0.15) is 19.0 Å². The molecule has 1 aliphatic heterocycles. The molecule has 2 aromatic carbocycles. The van der Waals surface area contributed by atoms with E-state index < -0.39 is 5.82 Å². The Morgan fingerprint density at radius 3 is 2.65 bits per heavy atom. The van der Waals surface area contributed by atoms with Crippen molar-refractivity contribution in [1.29, 1.82) is 0 Å². The van der Waals surface area contributed by atoms with Gasteiger partial charge in [0.15, 0.2) is 11.5 Å². The minimum absolute atomic E-state index is 0.296. The smallest absolute Gasteiger partial charge is 0.179 e. The number of nitrogens with one attached hydrogen (secondary N) is 1. The van der Waals surface area contributed by atoms with Crippen molar-refractivity contribution in [2.45, 2.75) is 19.7 Å². The highest BCUT2D eigenvalue weighted by atomic mass is 35.5. The number of aliphatic hydroxyl groups is 1. The van der Waals surface area contributed by atoms with E-state index in [2.05, 4.69) is 5.32 Å². The minimum atomic E-state index is -0.394. The van der Waals surface area contributed by atoms with Crippen LogP contribution in [0.5, 0.6) is 11.5 Å². The van der Waals surface area contributed by atoms with Gasteiger partial charge in [-0.3, -0.25) is 0 Å². The van der Waals surface area contributed by atoms with Crippen molar-refractivity contribution in [1.82, 2.24) is 5.32 Å². The van der Waals surface area contributed by atoms with Crippen LogP contribution in [0.15, 0.2) is 30.3 Å². The van der Waals surface area contributed by atoms with Crippen LogP contribution in [0.1, 0.15) is 16.7 Å². The van der Waals surface area contributed by atoms with Gasteiger partial charge in [-0.05, 0) is 29.3 Å². The van der Waals surface area contributed by atoms with Crippen LogP contribution in [-0.4, -0.2) is 18.3 Å². The maximum atomic E-state index is 13.6. The van der Waals surface area contributed by atoms with Gasteiger partial charge in [-0.2, -0.15) is 0 Å². The molecule has 122 valence electrons. The van der Waals surface area contributed by atoms with Crippen LogP contribution >= 0.6 is 11.6 Å². The Bertz CT molecular complexity index is 708. The SMILES string of the molecule is OCc1ccc(CNCc2cc(Cl)c3c(c2)OCCO3)cc1F. The van der Waals surface area contributed by atoms with Crippen molar-refractivity contribution < 1.29 is 19.0 Å². The predicted molar refractivity (Wildman–Crippen MR) is 85.3 cm³/mol. The standard InChI is InChI=1S/C17H17ClFNO3/c18-14-5-12(7-16-17(14)23-4-3-22-16)9-20-8-11-1-2-13(10-21)15(19)6-11/h1-2,5-7,20-21H,3-4,8-10H2. The molecule has 23 heavy (non-hydrogen) atoms. The van der Waals surface area contributed by atoms with Gasteiger partial charge in [-0.25, -0.2) is 4.39 Å². The van der Waals surface area contributed by atoms with Gasteiger partial charge in [0.2, 0.25) is 0 Å². The second-order valence-corrected chi connectivity index (χ2v) is 5.70. The monoisotopic (exact) mass is 337 g/mol. The van der Waals surface area contributed by atoms with E-state index >= 15 is 0 Å². The van der Waals surface area contributed by atoms with Crippen molar-refractivity contribution in [3.63, 3.8) is 0 Å². The largest absolute Gasteiger partial charge is 0.486 e. The normalized spacial score (nSPS) is 13.2. The van der Waals surface area contributed by atoms with Gasteiger partial charge in [-0.15, -0.1) is 0 Å². The van der Waals surface area contributed by atoms with Crippen LogP contribution in [0.2, 0.25) is 5.02 Å². The van der Waals surface area contributed by atoms with Crippen LogP contribution in [0.25, 0.3) is 0 Å². The highest BCUT2D eigenvalue weighted by molar-refractivity contribution is 6.32. The number of benzene rings is 2. The summed E-state index contributed by atoms with van der Waals surface area (Å²) in [6.07, 6.45) is 0. The lowest BCUT2D eigenvalue weighted by Gasteiger charge is -2.20. The minimum Gasteiger partial charge on any atom is -0.486 e. The molecule has 2 aromatic rings. The fraction of sp³-hybridized carbons (Fsp3) is 0.294. The molecular formula is C17H17ClFNO3. The summed E-state index contributed by atoms with van der Waals surface area (Å²) in [5.41, 5.74) is 2.07. The number of aliphatic hydroxyl groups excluding tert-OH is 1. The van der Waals surface area contributed by atoms with Crippen LogP contribution in [0, 0.1) is 5.82 Å². The summed E-state index contributed by atoms with van der Waals surface area (Å²) in [4.78, 5) is 0. The summed E-state index contributed by atoms with van der Waals surface area (Å²) >= 11 is 6.19. The van der Waals surface area contributed by atoms with Crippen molar-refractivity contribution in [2.24, 2.45) is 0 Å². The number of fused-ring (bicyclic) bond motifs is 1. The zero-order chi connectivity index (χ0) is 16.2. The van der Waals surface area contributed by atoms with Crippen molar-refractivity contribution in [2.75, 3.05) is 13.2 Å². The molecule has 0 bridgehead atoms. The third-order valence-electron chi connectivity index (χ3n) is 3.60. The van der Waals surface area contributed by atoms with Crippen molar-refractivity contribution in [3.8, 4) is 11.5 Å². The fourth-order valence-corrected chi connectivity index (χ4v) is 2.73. The number of hydrogen-bond acceptors (Lipinski definition) is 4. The number of rotatable bonds is 5. The predicted octanol–water partition coefficient (Wildman–Crippen LogP) is 3.03. The van der Waals surface area contributed by atoms with Gasteiger partial charge < -0.3 is 19.9 Å². The first kappa shape index (κ1) is 16.1. The first-order chi connectivity index (χ1) is 11.2. The first-order valence-corrected chi connectivity index (χ1v) is 7.72. The van der Waals surface area contributed by atoms with Gasteiger partial charge in [-0.1, -0.05) is 23.7 Å². The molecule has 0 atom stereocenters. The van der Waals surface area contributed by atoms with Gasteiger partial charge >= 0.3 is 0 Å². The average molecular weight is 338 g/mol. The molecule has 1 aliphatic rings. The topological polar surface area (TPSA) is 50.7 Å². The molecule has 0 saturated carbocycles. The maximum Gasteiger partial charge on any atom is 0.179 e. The summed E-state index contributed by atoms with van der Waals surface area (Å²) in [6.45, 7) is 1.79. The summed E-state index contributed by atoms with van der Waals surface area (Å²) < 4.78 is 24.6. The fourth-order valence-electron chi connectivity index (χ4n) is 2.45. The Balaban J connectivity index is 1.62. The molecule has 0 spiro atoms. The summed E-state index contributed by atoms with van der Waals surface area (Å²) in [6, 6.07) is 8.53. The van der Waals surface area contributed by atoms with Crippen LogP contribution in [-0.2, 0) is 19.7 Å². The van der Waals surface area contributed by atoms with Gasteiger partial charge in [0.05, 0.1) is 11.6 Å². The van der Waals surface area contributed by atoms with E-state index in [1.165, 1.54) is 6.07 Å². The van der Waals surface area contributed by atoms with Gasteiger partial charge in [0.25, 0.3) is 0 Å². The molecule has 0 amide bonds. The summed E-state index contributed by atoms with van der Waals surface area (Å²) in [5.74, 6) is 0.844. The lowest BCUT2D eigenvalue weighted by atomic mass is 10.1. The molecule has 0 saturated heterocycles. The van der Waals surface area contributed by atoms with E-state index in [9.17, 15) is 4.39 Å². The maximum absolute atomic E-state index is 13.6. The zero-order valence-electron chi connectivity index (χ0n) is 12.4. The summed E-state index contributed by atoms with van der Waals surface area (Å²) in [7, 11) is 0. The van der Waals surface area contributed by atoms with Gasteiger partial charge in [0, 0.05) is 18.7 Å². The molecule has 0 fully saturated rings. The average Bonchev–Trinajstić information content (AvgIpc) is 2.55. The molecule has 6 heteroatoms. The number of halogens is 2. The van der Waals surface area contributed by atoms with Crippen LogP contribution < -0.4 is 14.8 Å². The Kier molecular flexibility index (Phi) is 5.00. The lowest BCUT2D eigenvalue weighted by molar-refractivity contribution is 0.171. The number of hydrogen-bond donors (Lipinski definition) is 2. The molecule has 1 heterocycles. The molecule has 4 nitrogen and oxygen atoms in total. The highest BCUT2D eigenvalue weighted by Crippen LogP contribution is 2.38. The molecule has 2 N–H and O–H groups in total. The molecule has 0 unspecified atom stereocenters. The summed E-state index contributed by atoms with van der Waals surface area (Å²) in [5, 5.41) is 12.7. The molecule has 0 aromatic heterocycles. The lowest BCUT2D eigenvalue weighted by Crippen LogP contribution is -2.17. The second-order valence-electron chi connectivity index (χ2n) is 5.29. The third-order valence-corrected chi connectivity index (χ3v) is 3.88. The quantitative estimate of drug-likeness (QED) is 0.880. The van der Waals surface area contributed by atoms with E-state index in [0.717, 1.165) is 11.1 Å². The zero-order valence-corrected chi connectivity index (χ0v) is 13.2. The Morgan fingerprint density at radius 1 is 1.09 bits per heavy atom. The van der Waals surface area contributed by atoms with Crippen LogP contribution in [0.4, 0.5) is 4.39 Å². The second kappa shape index (κ2) is 7.17. The van der Waals surface area contributed by atoms with E-state index in [-0.39, 0.29) is 6.61 Å². The molecule has 0 radical (unpaired) electrons. The van der Waals surface area contributed by atoms with E-state index in [0.29, 0.717) is 48.4 Å². The van der Waals surface area contributed by atoms with Crippen LogP contribution in [0.3, 0.4) is 0 Å². The molecule has 0 aliphatic carbocycles. The Morgan fingerprint density at radius 2 is 1.87 bits per heavy atom. The molecular weight excluding hydrogens is 321 g/mol. The van der Waals surface area contributed by atoms with Crippen molar-refractivity contribution >= 4 is 11.6 Å². The molecule has 3 rings (SSSR count). The van der Waals surface area contributed by atoms with E-state index in [1.54, 1.807) is 12.1 Å². The highest BCUT2D eigenvalue weighted by Gasteiger charge is 2.16. The third kappa shape index (κ3) is 3.75. The first-order valence-electron chi connectivity index (χ1n) is 7.34. The van der Waals surface area contributed by atoms with E-state index in [1.807, 2.05) is 12.1 Å². The Labute approximate surface area is 138 Å².